The lowest BCUT2D eigenvalue weighted by atomic mass is 10.1. The fourth-order valence-electron chi connectivity index (χ4n) is 2.65. The van der Waals surface area contributed by atoms with Gasteiger partial charge in [0.05, 0.1) is 25.3 Å². The molecule has 1 heterocycles. The maximum Gasteiger partial charge on any atom is 0.337 e. The number of benzene rings is 2. The van der Waals surface area contributed by atoms with Crippen molar-refractivity contribution in [3.05, 3.63) is 70.1 Å². The van der Waals surface area contributed by atoms with Gasteiger partial charge < -0.3 is 23.9 Å². The molecule has 0 aliphatic rings. The van der Waals surface area contributed by atoms with Crippen LogP contribution < -0.4 is 15.7 Å². The van der Waals surface area contributed by atoms with E-state index < -0.39 is 23.5 Å². The average molecular weight is 411 g/mol. The van der Waals surface area contributed by atoms with Crippen LogP contribution in [0.5, 0.6) is 5.75 Å². The predicted octanol–water partition coefficient (Wildman–Crippen LogP) is 2.38. The molecular weight excluding hydrogens is 394 g/mol. The van der Waals surface area contributed by atoms with E-state index in [0.717, 1.165) is 0 Å². The van der Waals surface area contributed by atoms with Crippen molar-refractivity contribution in [3.63, 3.8) is 0 Å². The smallest absolute Gasteiger partial charge is 0.337 e. The monoisotopic (exact) mass is 411 g/mol. The molecule has 9 heteroatoms. The molecule has 30 heavy (non-hydrogen) atoms. The first-order valence-electron chi connectivity index (χ1n) is 8.68. The van der Waals surface area contributed by atoms with E-state index in [1.165, 1.54) is 44.6 Å². The first-order chi connectivity index (χ1) is 14.4. The number of hydrogen-bond acceptors (Lipinski definition) is 8. The fourth-order valence-corrected chi connectivity index (χ4v) is 2.65. The van der Waals surface area contributed by atoms with Gasteiger partial charge in [0.15, 0.2) is 6.61 Å². The summed E-state index contributed by atoms with van der Waals surface area (Å²) in [6, 6.07) is 11.8. The van der Waals surface area contributed by atoms with E-state index >= 15 is 0 Å². The summed E-state index contributed by atoms with van der Waals surface area (Å²) in [5.41, 5.74) is 0.164. The molecule has 0 radical (unpaired) electrons. The molecule has 0 saturated carbocycles. The summed E-state index contributed by atoms with van der Waals surface area (Å²) in [5.74, 6) is -1.57. The molecule has 0 bridgehead atoms. The van der Waals surface area contributed by atoms with E-state index in [2.05, 4.69) is 14.8 Å². The van der Waals surface area contributed by atoms with Crippen LogP contribution in [0.3, 0.4) is 0 Å². The van der Waals surface area contributed by atoms with Crippen LogP contribution in [0.15, 0.2) is 57.7 Å². The van der Waals surface area contributed by atoms with Gasteiger partial charge in [-0.25, -0.2) is 14.4 Å². The number of carbonyl (C=O) groups is 3. The molecule has 0 atom stereocenters. The number of fused-ring (bicyclic) bond motifs is 1. The zero-order valence-corrected chi connectivity index (χ0v) is 16.1. The molecule has 1 aromatic heterocycles. The minimum Gasteiger partial charge on any atom is -0.484 e. The Morgan fingerprint density at radius 1 is 0.900 bits per heavy atom. The molecule has 3 aromatic rings. The third-order valence-corrected chi connectivity index (χ3v) is 4.02. The Labute approximate surface area is 170 Å². The van der Waals surface area contributed by atoms with Crippen LogP contribution in [-0.4, -0.2) is 38.7 Å². The van der Waals surface area contributed by atoms with E-state index in [1.807, 2.05) is 0 Å². The van der Waals surface area contributed by atoms with E-state index in [0.29, 0.717) is 16.7 Å². The second-order valence-corrected chi connectivity index (χ2v) is 6.07. The highest BCUT2D eigenvalue weighted by Crippen LogP contribution is 2.20. The lowest BCUT2D eigenvalue weighted by Crippen LogP contribution is -2.21. The van der Waals surface area contributed by atoms with Crippen LogP contribution in [-0.2, 0) is 14.3 Å². The molecule has 0 aliphatic heterocycles. The average Bonchev–Trinajstić information content (AvgIpc) is 2.75. The molecule has 9 nitrogen and oxygen atoms in total. The minimum absolute atomic E-state index is 0.0705. The number of ether oxygens (including phenoxy) is 3. The molecule has 0 spiro atoms. The minimum atomic E-state index is -0.676. The number of rotatable bonds is 6. The van der Waals surface area contributed by atoms with Crippen LogP contribution in [0.2, 0.25) is 0 Å². The summed E-state index contributed by atoms with van der Waals surface area (Å²) in [5, 5.41) is 3.25. The van der Waals surface area contributed by atoms with Crippen molar-refractivity contribution >= 4 is 34.5 Å². The van der Waals surface area contributed by atoms with E-state index in [-0.39, 0.29) is 23.4 Å². The lowest BCUT2D eigenvalue weighted by molar-refractivity contribution is -0.118. The van der Waals surface area contributed by atoms with Gasteiger partial charge in [-0.2, -0.15) is 0 Å². The molecule has 2 aromatic carbocycles. The second kappa shape index (κ2) is 8.91. The molecule has 3 rings (SSSR count). The van der Waals surface area contributed by atoms with Crippen molar-refractivity contribution in [2.75, 3.05) is 26.1 Å². The van der Waals surface area contributed by atoms with Gasteiger partial charge in [0.1, 0.15) is 11.3 Å². The molecule has 1 N–H and O–H groups in total. The number of amides is 1. The third-order valence-electron chi connectivity index (χ3n) is 4.02. The maximum atomic E-state index is 12.3. The van der Waals surface area contributed by atoms with Crippen molar-refractivity contribution in [3.8, 4) is 5.75 Å². The SMILES string of the molecule is COC(=O)c1cc(NC(=O)COc2ccc3ccc(=O)oc3c2)cc(C(=O)OC)c1. The molecule has 1 amide bonds. The molecule has 154 valence electrons. The number of carbonyl (C=O) groups excluding carboxylic acids is 3. The van der Waals surface area contributed by atoms with Crippen molar-refractivity contribution in [2.24, 2.45) is 0 Å². The van der Waals surface area contributed by atoms with Crippen LogP contribution >= 0.6 is 0 Å². The fraction of sp³-hybridized carbons (Fsp3) is 0.143. The van der Waals surface area contributed by atoms with Gasteiger partial charge in [-0.1, -0.05) is 0 Å². The molecule has 0 aliphatic carbocycles. The van der Waals surface area contributed by atoms with Gasteiger partial charge in [-0.3, -0.25) is 4.79 Å². The number of nitrogens with one attached hydrogen (secondary N) is 1. The molecule has 0 unspecified atom stereocenters. The van der Waals surface area contributed by atoms with Crippen LogP contribution in [0.25, 0.3) is 11.0 Å². The molecular formula is C21H17NO8. The Bertz CT molecular complexity index is 1150. The normalized spacial score (nSPS) is 10.3. The van der Waals surface area contributed by atoms with E-state index in [1.54, 1.807) is 18.2 Å². The highest BCUT2D eigenvalue weighted by Gasteiger charge is 2.15. The zero-order chi connectivity index (χ0) is 21.7. The first-order valence-corrected chi connectivity index (χ1v) is 8.68. The quantitative estimate of drug-likeness (QED) is 0.485. The van der Waals surface area contributed by atoms with Gasteiger partial charge in [0.25, 0.3) is 5.91 Å². The maximum absolute atomic E-state index is 12.3. The number of methoxy groups -OCH3 is 2. The van der Waals surface area contributed by atoms with E-state index in [4.69, 9.17) is 9.15 Å². The number of hydrogen-bond donors (Lipinski definition) is 1. The zero-order valence-electron chi connectivity index (χ0n) is 16.1. The molecule has 0 saturated heterocycles. The van der Waals surface area contributed by atoms with Gasteiger partial charge in [0, 0.05) is 23.2 Å². The predicted molar refractivity (Wildman–Crippen MR) is 106 cm³/mol. The Kier molecular flexibility index (Phi) is 6.11. The lowest BCUT2D eigenvalue weighted by Gasteiger charge is -2.10. The second-order valence-electron chi connectivity index (χ2n) is 6.07. The summed E-state index contributed by atoms with van der Waals surface area (Å²) in [7, 11) is 2.40. The van der Waals surface area contributed by atoms with Crippen molar-refractivity contribution < 1.29 is 33.0 Å². The Morgan fingerprint density at radius 3 is 2.17 bits per heavy atom. The van der Waals surface area contributed by atoms with Gasteiger partial charge >= 0.3 is 17.6 Å². The van der Waals surface area contributed by atoms with Crippen LogP contribution in [0, 0.1) is 0 Å². The Morgan fingerprint density at radius 2 is 1.53 bits per heavy atom. The molecule has 0 fully saturated rings. The van der Waals surface area contributed by atoms with Crippen LogP contribution in [0.1, 0.15) is 20.7 Å². The summed E-state index contributed by atoms with van der Waals surface area (Å²) in [4.78, 5) is 47.2. The van der Waals surface area contributed by atoms with Crippen molar-refractivity contribution in [1.82, 2.24) is 0 Å². The van der Waals surface area contributed by atoms with Crippen LogP contribution in [0.4, 0.5) is 5.69 Å². The largest absolute Gasteiger partial charge is 0.484 e. The highest BCUT2D eigenvalue weighted by atomic mass is 16.5. The highest BCUT2D eigenvalue weighted by molar-refractivity contribution is 5.99. The first kappa shape index (κ1) is 20.6. The Balaban J connectivity index is 1.73. The van der Waals surface area contributed by atoms with Crippen molar-refractivity contribution in [2.45, 2.75) is 0 Å². The Hall–Kier alpha value is -4.14. The summed E-state index contributed by atoms with van der Waals surface area (Å²) in [6.07, 6.45) is 0. The summed E-state index contributed by atoms with van der Waals surface area (Å²) in [6.45, 7) is -0.363. The van der Waals surface area contributed by atoms with Crippen molar-refractivity contribution in [1.29, 1.82) is 0 Å². The van der Waals surface area contributed by atoms with Gasteiger partial charge in [-0.15, -0.1) is 0 Å². The standard InChI is InChI=1S/C21H17NO8/c1-27-20(25)13-7-14(21(26)28-2)9-15(8-13)22-18(23)11-29-16-5-3-12-4-6-19(24)30-17(12)10-16/h3-10H,11H2,1-2H3,(H,22,23). The third kappa shape index (κ3) is 4.82. The number of anilines is 1. The summed E-state index contributed by atoms with van der Waals surface area (Å²) >= 11 is 0. The van der Waals surface area contributed by atoms with Gasteiger partial charge in [0.2, 0.25) is 0 Å². The van der Waals surface area contributed by atoms with Gasteiger partial charge in [-0.05, 0) is 36.4 Å². The summed E-state index contributed by atoms with van der Waals surface area (Å²) < 4.78 is 19.8. The van der Waals surface area contributed by atoms with E-state index in [9.17, 15) is 19.2 Å². The number of esters is 2. The topological polar surface area (TPSA) is 121 Å².